The van der Waals surface area contributed by atoms with Gasteiger partial charge in [0.25, 0.3) is 5.91 Å². The molecule has 32 heavy (non-hydrogen) atoms. The van der Waals surface area contributed by atoms with Gasteiger partial charge in [0.1, 0.15) is 10.6 Å². The van der Waals surface area contributed by atoms with Crippen molar-refractivity contribution in [3.63, 3.8) is 0 Å². The minimum atomic E-state index is -3.74. The second-order valence-corrected chi connectivity index (χ2v) is 10.9. The second kappa shape index (κ2) is 8.41. The zero-order valence-electron chi connectivity index (χ0n) is 18.3. The normalized spacial score (nSPS) is 19.5. The maximum absolute atomic E-state index is 13.6. The average Bonchev–Trinajstić information content (AvgIpc) is 3.24. The summed E-state index contributed by atoms with van der Waals surface area (Å²) >= 11 is 0. The molecule has 0 aromatic heterocycles. The number of hydrogen-bond donors (Lipinski definition) is 2. The van der Waals surface area contributed by atoms with Gasteiger partial charge in [-0.1, -0.05) is 25.3 Å². The first kappa shape index (κ1) is 21.3. The van der Waals surface area contributed by atoms with E-state index in [9.17, 15) is 13.2 Å². The quantitative estimate of drug-likeness (QED) is 0.686. The third-order valence-electron chi connectivity index (χ3n) is 6.58. The number of amides is 1. The summed E-state index contributed by atoms with van der Waals surface area (Å²) in [5.74, 6) is 0.538. The minimum absolute atomic E-state index is 0.158. The summed E-state index contributed by atoms with van der Waals surface area (Å²) < 4.78 is 34.9. The summed E-state index contributed by atoms with van der Waals surface area (Å²) in [5.41, 5.74) is 2.32. The molecule has 2 N–H and O–H groups in total. The number of benzene rings is 2. The molecule has 0 spiro atoms. The summed E-state index contributed by atoms with van der Waals surface area (Å²) in [6, 6.07) is 9.00. The molecule has 1 saturated carbocycles. The Morgan fingerprint density at radius 1 is 1.00 bits per heavy atom. The monoisotopic (exact) mass is 455 g/mol. The number of nitrogens with one attached hydrogen (secondary N) is 2. The van der Waals surface area contributed by atoms with Crippen molar-refractivity contribution < 1.29 is 17.9 Å². The van der Waals surface area contributed by atoms with Crippen LogP contribution in [0.4, 0.5) is 11.4 Å². The summed E-state index contributed by atoms with van der Waals surface area (Å²) in [5, 5.41) is 6.33. The molecule has 0 radical (unpaired) electrons. The van der Waals surface area contributed by atoms with Crippen LogP contribution < -0.4 is 15.4 Å². The van der Waals surface area contributed by atoms with Crippen LogP contribution in [0.3, 0.4) is 0 Å². The predicted octanol–water partition coefficient (Wildman–Crippen LogP) is 4.88. The molecule has 3 aliphatic rings. The number of carbonyl (C=O) groups excluding carboxylic acids is 1. The van der Waals surface area contributed by atoms with Crippen LogP contribution >= 0.6 is 0 Å². The van der Waals surface area contributed by atoms with Crippen molar-refractivity contribution in [3.8, 4) is 11.5 Å². The van der Waals surface area contributed by atoms with Gasteiger partial charge in [-0.25, -0.2) is 8.42 Å². The Bertz CT molecular complexity index is 1150. The number of sulfonamides is 1. The fourth-order valence-electron chi connectivity index (χ4n) is 4.82. The highest BCUT2D eigenvalue weighted by molar-refractivity contribution is 7.89. The molecule has 0 bridgehead atoms. The molecule has 0 atom stereocenters. The van der Waals surface area contributed by atoms with Gasteiger partial charge in [0.2, 0.25) is 10.0 Å². The van der Waals surface area contributed by atoms with Gasteiger partial charge in [-0.05, 0) is 56.4 Å². The third kappa shape index (κ3) is 3.97. The van der Waals surface area contributed by atoms with Crippen molar-refractivity contribution in [2.24, 2.45) is 0 Å². The molecular formula is C24H29N3O4S. The Morgan fingerprint density at radius 3 is 2.50 bits per heavy atom. The van der Waals surface area contributed by atoms with Gasteiger partial charge in [0.15, 0.2) is 5.75 Å². The van der Waals surface area contributed by atoms with Gasteiger partial charge in [0, 0.05) is 25.2 Å². The van der Waals surface area contributed by atoms with Gasteiger partial charge < -0.3 is 15.4 Å². The zero-order valence-corrected chi connectivity index (χ0v) is 19.1. The topological polar surface area (TPSA) is 87.7 Å². The first-order valence-electron chi connectivity index (χ1n) is 11.5. The molecule has 1 aliphatic carbocycles. The summed E-state index contributed by atoms with van der Waals surface area (Å²) in [7, 11) is -3.74. The van der Waals surface area contributed by atoms with E-state index in [4.69, 9.17) is 4.74 Å². The number of aryl methyl sites for hydroxylation is 1. The summed E-state index contributed by atoms with van der Waals surface area (Å²) in [6.45, 7) is 2.96. The predicted molar refractivity (Wildman–Crippen MR) is 124 cm³/mol. The number of rotatable bonds is 4. The molecule has 0 unspecified atom stereocenters. The van der Waals surface area contributed by atoms with Crippen LogP contribution in [0.1, 0.15) is 60.9 Å². The molecule has 8 heteroatoms. The highest BCUT2D eigenvalue weighted by atomic mass is 32.2. The van der Waals surface area contributed by atoms with Gasteiger partial charge in [-0.2, -0.15) is 4.31 Å². The van der Waals surface area contributed by atoms with E-state index in [1.807, 2.05) is 25.1 Å². The van der Waals surface area contributed by atoms with E-state index < -0.39 is 10.0 Å². The van der Waals surface area contributed by atoms with Crippen molar-refractivity contribution in [2.75, 3.05) is 23.7 Å². The van der Waals surface area contributed by atoms with Crippen LogP contribution in [-0.2, 0) is 10.0 Å². The number of piperidine rings is 1. The number of carbonyl (C=O) groups is 1. The van der Waals surface area contributed by atoms with E-state index in [2.05, 4.69) is 10.6 Å². The van der Waals surface area contributed by atoms with Crippen LogP contribution in [0.25, 0.3) is 0 Å². The number of anilines is 2. The maximum atomic E-state index is 13.6. The van der Waals surface area contributed by atoms with Crippen molar-refractivity contribution in [3.05, 3.63) is 41.5 Å². The van der Waals surface area contributed by atoms with Gasteiger partial charge in [-0.3, -0.25) is 4.79 Å². The lowest BCUT2D eigenvalue weighted by Crippen LogP contribution is -2.36. The number of hydrogen-bond acceptors (Lipinski definition) is 5. The van der Waals surface area contributed by atoms with Crippen molar-refractivity contribution in [1.82, 2.24) is 4.31 Å². The summed E-state index contributed by atoms with van der Waals surface area (Å²) in [6.07, 6.45) is 7.01. The fraction of sp³-hybridized carbons (Fsp3) is 0.458. The molecule has 5 rings (SSSR count). The first-order chi connectivity index (χ1) is 15.4. The molecule has 7 nitrogen and oxygen atoms in total. The largest absolute Gasteiger partial charge is 0.454 e. The van der Waals surface area contributed by atoms with E-state index in [1.165, 1.54) is 6.07 Å². The van der Waals surface area contributed by atoms with E-state index in [0.717, 1.165) is 50.5 Å². The summed E-state index contributed by atoms with van der Waals surface area (Å²) in [4.78, 5) is 13.2. The van der Waals surface area contributed by atoms with Crippen LogP contribution in [0.2, 0.25) is 0 Å². The van der Waals surface area contributed by atoms with E-state index in [0.29, 0.717) is 36.0 Å². The molecule has 2 fully saturated rings. The molecule has 2 aliphatic heterocycles. The molecule has 2 aromatic rings. The number of fused-ring (bicyclic) bond motifs is 2. The average molecular weight is 456 g/mol. The molecule has 2 heterocycles. The van der Waals surface area contributed by atoms with Gasteiger partial charge in [0.05, 0.1) is 16.9 Å². The number of nitrogens with zero attached hydrogens (tertiary/aromatic N) is 1. The lowest BCUT2D eigenvalue weighted by Gasteiger charge is -2.28. The minimum Gasteiger partial charge on any atom is -0.454 e. The SMILES string of the molecule is Cc1ccc2c(c1)NC(=O)c1cc(S(=O)(=O)N3CCCCC3)c(NC3CCCC3)cc1O2. The molecule has 1 saturated heterocycles. The van der Waals surface area contributed by atoms with E-state index >= 15 is 0 Å². The molecule has 2 aromatic carbocycles. The van der Waals surface area contributed by atoms with E-state index in [-0.39, 0.29) is 22.4 Å². The Labute approximate surface area is 189 Å². The van der Waals surface area contributed by atoms with Crippen molar-refractivity contribution in [1.29, 1.82) is 0 Å². The van der Waals surface area contributed by atoms with Crippen molar-refractivity contribution in [2.45, 2.75) is 62.8 Å². The smallest absolute Gasteiger partial charge is 0.259 e. The Kier molecular flexibility index (Phi) is 5.59. The number of ether oxygens (including phenoxy) is 1. The van der Waals surface area contributed by atoms with Crippen LogP contribution in [0, 0.1) is 6.92 Å². The third-order valence-corrected chi connectivity index (χ3v) is 8.52. The lowest BCUT2D eigenvalue weighted by molar-refractivity contribution is 0.102. The van der Waals surface area contributed by atoms with Gasteiger partial charge >= 0.3 is 0 Å². The van der Waals surface area contributed by atoms with E-state index in [1.54, 1.807) is 10.4 Å². The van der Waals surface area contributed by atoms with Crippen LogP contribution in [0.5, 0.6) is 11.5 Å². The lowest BCUT2D eigenvalue weighted by atomic mass is 10.1. The fourth-order valence-corrected chi connectivity index (χ4v) is 6.50. The van der Waals surface area contributed by atoms with Gasteiger partial charge in [-0.15, -0.1) is 0 Å². The first-order valence-corrected chi connectivity index (χ1v) is 12.9. The Hall–Kier alpha value is -2.58. The van der Waals surface area contributed by atoms with Crippen LogP contribution in [-0.4, -0.2) is 37.8 Å². The van der Waals surface area contributed by atoms with Crippen LogP contribution in [0.15, 0.2) is 35.2 Å². The molecular weight excluding hydrogens is 426 g/mol. The standard InChI is InChI=1S/C24H29N3O4S/c1-16-9-10-21-19(13-16)26-24(28)18-14-23(32(29,30)27-11-5-2-6-12-27)20(15-22(18)31-21)25-17-7-3-4-8-17/h9-10,13-15,17,25H,2-8,11-12H2,1H3,(H,26,28). The zero-order chi connectivity index (χ0) is 22.3. The highest BCUT2D eigenvalue weighted by Gasteiger charge is 2.33. The Balaban J connectivity index is 1.61. The van der Waals surface area contributed by atoms with Crippen molar-refractivity contribution >= 4 is 27.3 Å². The molecule has 170 valence electrons. The molecule has 1 amide bonds. The second-order valence-electron chi connectivity index (χ2n) is 8.99. The maximum Gasteiger partial charge on any atom is 0.259 e. The Morgan fingerprint density at radius 2 is 1.75 bits per heavy atom. The highest BCUT2D eigenvalue weighted by Crippen LogP contribution is 2.41.